The number of fused-ring (bicyclic) bond motifs is 1. The Balaban J connectivity index is 2.48. The van der Waals surface area contributed by atoms with Crippen LogP contribution in [0, 0.1) is 0 Å². The molecule has 1 aromatic heterocycles. The summed E-state index contributed by atoms with van der Waals surface area (Å²) < 4.78 is 0. The Bertz CT molecular complexity index is 358. The number of aromatic nitrogens is 1. The molecule has 0 saturated heterocycles. The maximum absolute atomic E-state index is 5.72. The molecule has 6 nitrogen and oxygen atoms in total. The van der Waals surface area contributed by atoms with Gasteiger partial charge in [0.2, 0.25) is 0 Å². The van der Waals surface area contributed by atoms with Crippen molar-refractivity contribution in [3.05, 3.63) is 10.6 Å². The fourth-order valence-electron chi connectivity index (χ4n) is 2.03. The van der Waals surface area contributed by atoms with Crippen LogP contribution in [-0.2, 0) is 12.3 Å². The van der Waals surface area contributed by atoms with Gasteiger partial charge in [0, 0.05) is 0 Å². The van der Waals surface area contributed by atoms with Crippen LogP contribution < -0.4 is 21.8 Å². The molecule has 1 aliphatic heterocycles. The van der Waals surface area contributed by atoms with E-state index in [0.717, 1.165) is 12.2 Å². The van der Waals surface area contributed by atoms with Gasteiger partial charge in [-0.2, -0.15) is 0 Å². The first-order valence-electron chi connectivity index (χ1n) is 4.76. The van der Waals surface area contributed by atoms with Gasteiger partial charge in [0.05, 0.1) is 11.4 Å². The second-order valence-electron chi connectivity index (χ2n) is 3.34. The predicted molar refractivity (Wildman–Crippen MR) is 60.9 cm³/mol. The fourth-order valence-corrected chi connectivity index (χ4v) is 2.90. The largest absolute Gasteiger partial charge is 0.375 e. The quantitative estimate of drug-likeness (QED) is 0.509. The van der Waals surface area contributed by atoms with Crippen LogP contribution in [0.3, 0.4) is 0 Å². The molecule has 0 fully saturated rings. The number of nitrogens with zero attached hydrogens (tertiary/aromatic N) is 2. The van der Waals surface area contributed by atoms with E-state index in [9.17, 15) is 0 Å². The van der Waals surface area contributed by atoms with Crippen molar-refractivity contribution in [3.63, 3.8) is 0 Å². The van der Waals surface area contributed by atoms with Crippen molar-refractivity contribution in [1.82, 2.24) is 26.1 Å². The molecule has 0 aromatic carbocycles. The highest BCUT2D eigenvalue weighted by molar-refractivity contribution is 7.15. The molecule has 0 spiro atoms. The highest BCUT2D eigenvalue weighted by Crippen LogP contribution is 2.37. The van der Waals surface area contributed by atoms with Crippen LogP contribution in [0.25, 0.3) is 0 Å². The lowest BCUT2D eigenvalue weighted by atomic mass is 10.2. The number of nitrogens with one attached hydrogen (secondary N) is 3. The van der Waals surface area contributed by atoms with Crippen molar-refractivity contribution in [2.24, 2.45) is 0 Å². The highest BCUT2D eigenvalue weighted by Gasteiger charge is 2.45. The summed E-state index contributed by atoms with van der Waals surface area (Å²) in [4.78, 5) is 5.56. The van der Waals surface area contributed by atoms with E-state index >= 15 is 0 Å². The molecule has 1 aromatic rings. The third-order valence-electron chi connectivity index (χ3n) is 2.76. The predicted octanol–water partition coefficient (Wildman–Crippen LogP) is -0.776. The van der Waals surface area contributed by atoms with Crippen molar-refractivity contribution >= 4 is 16.5 Å². The van der Waals surface area contributed by atoms with Crippen LogP contribution in [0.1, 0.15) is 10.6 Å². The summed E-state index contributed by atoms with van der Waals surface area (Å²) in [6, 6.07) is 0. The molecule has 1 aliphatic rings. The lowest BCUT2D eigenvalue weighted by Crippen LogP contribution is -2.63. The maximum Gasteiger partial charge on any atom is 0.184 e. The van der Waals surface area contributed by atoms with E-state index in [-0.39, 0.29) is 0 Å². The van der Waals surface area contributed by atoms with Crippen molar-refractivity contribution in [1.29, 1.82) is 0 Å². The van der Waals surface area contributed by atoms with Crippen LogP contribution in [0.5, 0.6) is 0 Å². The van der Waals surface area contributed by atoms with Gasteiger partial charge in [0.15, 0.2) is 10.9 Å². The summed E-state index contributed by atoms with van der Waals surface area (Å²) in [5.41, 5.74) is 9.82. The summed E-state index contributed by atoms with van der Waals surface area (Å²) in [7, 11) is 5.68. The van der Waals surface area contributed by atoms with Gasteiger partial charge in [-0.1, -0.05) is 0 Å². The first-order valence-corrected chi connectivity index (χ1v) is 5.58. The smallest absolute Gasteiger partial charge is 0.184 e. The normalized spacial score (nSPS) is 19.4. The Morgan fingerprint density at radius 3 is 2.60 bits per heavy atom. The van der Waals surface area contributed by atoms with Gasteiger partial charge in [0.1, 0.15) is 5.69 Å². The van der Waals surface area contributed by atoms with Crippen LogP contribution in [-0.4, -0.2) is 31.1 Å². The van der Waals surface area contributed by atoms with Crippen molar-refractivity contribution in [3.8, 4) is 0 Å². The molecule has 7 heteroatoms. The molecular formula is C8H16N6S. The minimum Gasteiger partial charge on any atom is -0.375 e. The van der Waals surface area contributed by atoms with Gasteiger partial charge >= 0.3 is 0 Å². The van der Waals surface area contributed by atoms with E-state index in [4.69, 9.17) is 5.73 Å². The minimum atomic E-state index is -0.460. The third-order valence-corrected chi connectivity index (χ3v) is 3.63. The molecule has 0 aliphatic carbocycles. The van der Waals surface area contributed by atoms with E-state index < -0.39 is 5.79 Å². The third kappa shape index (κ3) is 1.35. The summed E-state index contributed by atoms with van der Waals surface area (Å²) in [5.74, 6) is -0.460. The Morgan fingerprint density at radius 1 is 1.40 bits per heavy atom. The molecule has 2 heterocycles. The van der Waals surface area contributed by atoms with Crippen LogP contribution in [0.2, 0.25) is 0 Å². The zero-order valence-electron chi connectivity index (χ0n) is 9.09. The minimum absolute atomic E-state index is 0.460. The van der Waals surface area contributed by atoms with E-state index in [2.05, 4.69) is 26.1 Å². The number of hydrogen-bond acceptors (Lipinski definition) is 7. The molecule has 5 N–H and O–H groups in total. The Kier molecular flexibility index (Phi) is 2.65. The summed E-state index contributed by atoms with van der Waals surface area (Å²) >= 11 is 1.53. The molecule has 84 valence electrons. The van der Waals surface area contributed by atoms with Crippen molar-refractivity contribution in [2.75, 3.05) is 26.9 Å². The molecule has 0 atom stereocenters. The van der Waals surface area contributed by atoms with Crippen molar-refractivity contribution in [2.45, 2.75) is 12.3 Å². The average molecular weight is 228 g/mol. The molecule has 0 bridgehead atoms. The molecule has 0 radical (unpaired) electrons. The van der Waals surface area contributed by atoms with E-state index in [1.807, 2.05) is 21.1 Å². The monoisotopic (exact) mass is 228 g/mol. The number of nitrogens with two attached hydrogens (primary N) is 1. The topological polar surface area (TPSA) is 78.2 Å². The van der Waals surface area contributed by atoms with E-state index in [1.165, 1.54) is 16.2 Å². The van der Waals surface area contributed by atoms with Crippen molar-refractivity contribution < 1.29 is 0 Å². The SMILES string of the molecule is CNN1Cc2sc(N)nc2C1(NC)NC. The van der Waals surface area contributed by atoms with Gasteiger partial charge in [0.25, 0.3) is 0 Å². The van der Waals surface area contributed by atoms with E-state index in [0.29, 0.717) is 5.13 Å². The maximum atomic E-state index is 5.72. The molecule has 0 unspecified atom stereocenters. The lowest BCUT2D eigenvalue weighted by molar-refractivity contribution is 0.00391. The van der Waals surface area contributed by atoms with Gasteiger partial charge in [-0.3, -0.25) is 16.1 Å². The zero-order valence-corrected chi connectivity index (χ0v) is 9.90. The lowest BCUT2D eigenvalue weighted by Gasteiger charge is -2.36. The number of rotatable bonds is 3. The van der Waals surface area contributed by atoms with Crippen LogP contribution >= 0.6 is 11.3 Å². The second kappa shape index (κ2) is 3.69. The van der Waals surface area contributed by atoms with Crippen LogP contribution in [0.15, 0.2) is 0 Å². The first kappa shape index (κ1) is 10.8. The van der Waals surface area contributed by atoms with E-state index in [1.54, 1.807) is 0 Å². The standard InChI is InChI=1S/C8H16N6S/c1-10-8(11-2)6-5(4-14(8)12-3)15-7(9)13-6/h10-12H,4H2,1-3H3,(H2,9,13). The number of anilines is 1. The fraction of sp³-hybridized carbons (Fsp3) is 0.625. The second-order valence-corrected chi connectivity index (χ2v) is 4.46. The first-order chi connectivity index (χ1) is 7.17. The van der Waals surface area contributed by atoms with Gasteiger partial charge < -0.3 is 5.73 Å². The molecule has 0 saturated carbocycles. The summed E-state index contributed by atoms with van der Waals surface area (Å²) in [6.45, 7) is 0.794. The van der Waals surface area contributed by atoms with Gasteiger partial charge in [-0.05, 0) is 21.1 Å². The molecule has 0 amide bonds. The molecule has 2 rings (SSSR count). The van der Waals surface area contributed by atoms with Gasteiger partial charge in [-0.25, -0.2) is 9.99 Å². The number of hydrogen-bond donors (Lipinski definition) is 4. The molecular weight excluding hydrogens is 212 g/mol. The highest BCUT2D eigenvalue weighted by atomic mass is 32.1. The average Bonchev–Trinajstić information content (AvgIpc) is 2.72. The Morgan fingerprint density at radius 2 is 2.07 bits per heavy atom. The zero-order chi connectivity index (χ0) is 11.1. The van der Waals surface area contributed by atoms with Crippen LogP contribution in [0.4, 0.5) is 5.13 Å². The number of hydrazine groups is 1. The summed E-state index contributed by atoms with van der Waals surface area (Å²) in [6.07, 6.45) is 0. The number of nitrogen functional groups attached to an aromatic ring is 1. The number of thiazole rings is 1. The Hall–Kier alpha value is -0.730. The van der Waals surface area contributed by atoms with Gasteiger partial charge in [-0.15, -0.1) is 11.3 Å². The summed E-state index contributed by atoms with van der Waals surface area (Å²) in [5, 5.41) is 9.15. The molecule has 15 heavy (non-hydrogen) atoms. The Labute approximate surface area is 92.8 Å².